The number of nitrogens with one attached hydrogen (secondary N) is 1. The largest absolute Gasteiger partial charge is 0.300 e. The standard InChI is InChI=1S/C18H24FN3OS2/c1-12(10-18(2,3)4)8-15(23)20-16-21-22-17(25-16)24-11-13-6-5-7-14(19)9-13/h5-7,9,12H,8,10-11H2,1-4H3,(H,20,21,23). The van der Waals surface area contributed by atoms with E-state index in [-0.39, 0.29) is 17.1 Å². The Hall–Kier alpha value is -1.47. The van der Waals surface area contributed by atoms with Crippen molar-refractivity contribution < 1.29 is 9.18 Å². The SMILES string of the molecule is CC(CC(=O)Nc1nnc(SCc2cccc(F)c2)s1)CC(C)(C)C. The first-order valence-electron chi connectivity index (χ1n) is 8.22. The summed E-state index contributed by atoms with van der Waals surface area (Å²) in [4.78, 5) is 12.1. The molecule has 0 saturated heterocycles. The van der Waals surface area contributed by atoms with Crippen LogP contribution in [0.15, 0.2) is 28.6 Å². The van der Waals surface area contributed by atoms with Gasteiger partial charge in [-0.05, 0) is 35.4 Å². The zero-order valence-corrected chi connectivity index (χ0v) is 16.6. The highest BCUT2D eigenvalue weighted by Gasteiger charge is 2.18. The van der Waals surface area contributed by atoms with Gasteiger partial charge in [-0.15, -0.1) is 10.2 Å². The molecule has 1 atom stereocenters. The molecule has 2 rings (SSSR count). The van der Waals surface area contributed by atoms with Crippen molar-refractivity contribution in [3.8, 4) is 0 Å². The first kappa shape index (κ1) is 19.8. The molecule has 0 radical (unpaired) electrons. The summed E-state index contributed by atoms with van der Waals surface area (Å²) >= 11 is 2.82. The lowest BCUT2D eigenvalue weighted by Crippen LogP contribution is -2.18. The van der Waals surface area contributed by atoms with Gasteiger partial charge in [-0.3, -0.25) is 4.79 Å². The first-order valence-corrected chi connectivity index (χ1v) is 10.0. The van der Waals surface area contributed by atoms with Crippen molar-refractivity contribution in [1.29, 1.82) is 0 Å². The fraction of sp³-hybridized carbons (Fsp3) is 0.500. The number of benzene rings is 1. The summed E-state index contributed by atoms with van der Waals surface area (Å²) in [5, 5.41) is 11.4. The Morgan fingerprint density at radius 2 is 2.12 bits per heavy atom. The molecule has 2 aromatic rings. The molecule has 0 aliphatic rings. The summed E-state index contributed by atoms with van der Waals surface area (Å²) in [5.41, 5.74) is 1.10. The monoisotopic (exact) mass is 381 g/mol. The number of anilines is 1. The van der Waals surface area contributed by atoms with Crippen molar-refractivity contribution in [3.63, 3.8) is 0 Å². The van der Waals surface area contributed by atoms with Gasteiger partial charge < -0.3 is 5.32 Å². The molecule has 0 aliphatic heterocycles. The summed E-state index contributed by atoms with van der Waals surface area (Å²) in [6, 6.07) is 6.49. The van der Waals surface area contributed by atoms with E-state index in [1.807, 2.05) is 6.07 Å². The Kier molecular flexibility index (Phi) is 6.95. The van der Waals surface area contributed by atoms with Crippen LogP contribution in [-0.2, 0) is 10.5 Å². The van der Waals surface area contributed by atoms with Crippen LogP contribution in [0.3, 0.4) is 0 Å². The maximum atomic E-state index is 13.2. The zero-order chi connectivity index (χ0) is 18.4. The smallest absolute Gasteiger partial charge is 0.226 e. The lowest BCUT2D eigenvalue weighted by Gasteiger charge is -2.22. The molecule has 1 aromatic carbocycles. The molecule has 0 fully saturated rings. The number of thioether (sulfide) groups is 1. The van der Waals surface area contributed by atoms with Gasteiger partial charge in [0.2, 0.25) is 11.0 Å². The van der Waals surface area contributed by atoms with Crippen LogP contribution >= 0.6 is 23.1 Å². The van der Waals surface area contributed by atoms with Crippen LogP contribution in [0.5, 0.6) is 0 Å². The Morgan fingerprint density at radius 1 is 1.36 bits per heavy atom. The molecule has 0 bridgehead atoms. The second-order valence-corrected chi connectivity index (χ2v) is 9.61. The van der Waals surface area contributed by atoms with E-state index in [4.69, 9.17) is 0 Å². The summed E-state index contributed by atoms with van der Waals surface area (Å²) in [6.45, 7) is 8.61. The lowest BCUT2D eigenvalue weighted by molar-refractivity contribution is -0.117. The van der Waals surface area contributed by atoms with E-state index < -0.39 is 0 Å². The third-order valence-electron chi connectivity index (χ3n) is 3.40. The van der Waals surface area contributed by atoms with Crippen LogP contribution in [0.4, 0.5) is 9.52 Å². The zero-order valence-electron chi connectivity index (χ0n) is 15.0. The van der Waals surface area contributed by atoms with Crippen LogP contribution in [0.2, 0.25) is 0 Å². The maximum absolute atomic E-state index is 13.2. The predicted molar refractivity (Wildman–Crippen MR) is 102 cm³/mol. The molecule has 0 aliphatic carbocycles. The quantitative estimate of drug-likeness (QED) is 0.517. The molecular formula is C18H24FN3OS2. The van der Waals surface area contributed by atoms with Gasteiger partial charge in [-0.2, -0.15) is 0 Å². The van der Waals surface area contributed by atoms with E-state index in [0.717, 1.165) is 16.3 Å². The second kappa shape index (κ2) is 8.76. The fourth-order valence-corrected chi connectivity index (χ4v) is 4.41. The van der Waals surface area contributed by atoms with Gasteiger partial charge in [0, 0.05) is 12.2 Å². The number of hydrogen-bond donors (Lipinski definition) is 1. The third-order valence-corrected chi connectivity index (χ3v) is 5.44. The number of carbonyl (C=O) groups is 1. The summed E-state index contributed by atoms with van der Waals surface area (Å²) in [5.74, 6) is 0.653. The van der Waals surface area contributed by atoms with Gasteiger partial charge >= 0.3 is 0 Å². The van der Waals surface area contributed by atoms with Crippen LogP contribution < -0.4 is 5.32 Å². The summed E-state index contributed by atoms with van der Waals surface area (Å²) < 4.78 is 13.9. The molecule has 4 nitrogen and oxygen atoms in total. The Bertz CT molecular complexity index is 712. The molecule has 1 N–H and O–H groups in total. The molecule has 25 heavy (non-hydrogen) atoms. The molecule has 1 unspecified atom stereocenters. The molecule has 0 spiro atoms. The van der Waals surface area contributed by atoms with E-state index in [1.54, 1.807) is 6.07 Å². The minimum atomic E-state index is -0.243. The van der Waals surface area contributed by atoms with Gasteiger partial charge in [-0.25, -0.2) is 4.39 Å². The molecule has 1 amide bonds. The molecule has 1 heterocycles. The number of amides is 1. The van der Waals surface area contributed by atoms with Gasteiger partial charge in [0.25, 0.3) is 0 Å². The van der Waals surface area contributed by atoms with E-state index in [1.165, 1.54) is 35.2 Å². The van der Waals surface area contributed by atoms with Gasteiger partial charge in [-0.1, -0.05) is 62.9 Å². The van der Waals surface area contributed by atoms with Crippen molar-refractivity contribution in [1.82, 2.24) is 10.2 Å². The highest BCUT2D eigenvalue weighted by molar-refractivity contribution is 8.00. The highest BCUT2D eigenvalue weighted by atomic mass is 32.2. The van der Waals surface area contributed by atoms with E-state index in [0.29, 0.717) is 23.2 Å². The Labute approximate surface area is 156 Å². The first-order chi connectivity index (χ1) is 11.7. The molecule has 136 valence electrons. The van der Waals surface area contributed by atoms with Gasteiger partial charge in [0.15, 0.2) is 4.34 Å². The van der Waals surface area contributed by atoms with Crippen LogP contribution in [0.25, 0.3) is 0 Å². The molecule has 7 heteroatoms. The van der Waals surface area contributed by atoms with Crippen molar-refractivity contribution >= 4 is 34.1 Å². The second-order valence-electron chi connectivity index (χ2n) is 7.41. The minimum absolute atomic E-state index is 0.0328. The van der Waals surface area contributed by atoms with Crippen molar-refractivity contribution in [2.24, 2.45) is 11.3 Å². The number of nitrogens with zero attached hydrogens (tertiary/aromatic N) is 2. The average Bonchev–Trinajstić information content (AvgIpc) is 2.90. The van der Waals surface area contributed by atoms with Gasteiger partial charge in [0.05, 0.1) is 0 Å². The molecule has 0 saturated carbocycles. The van der Waals surface area contributed by atoms with Crippen LogP contribution in [-0.4, -0.2) is 16.1 Å². The number of rotatable bonds is 7. The third kappa shape index (κ3) is 7.52. The van der Waals surface area contributed by atoms with Gasteiger partial charge in [0.1, 0.15) is 5.82 Å². The Balaban J connectivity index is 1.81. The number of aromatic nitrogens is 2. The van der Waals surface area contributed by atoms with E-state index >= 15 is 0 Å². The average molecular weight is 382 g/mol. The Morgan fingerprint density at radius 3 is 2.80 bits per heavy atom. The maximum Gasteiger partial charge on any atom is 0.226 e. The highest BCUT2D eigenvalue weighted by Crippen LogP contribution is 2.29. The normalized spacial score (nSPS) is 12.8. The minimum Gasteiger partial charge on any atom is -0.300 e. The summed E-state index contributed by atoms with van der Waals surface area (Å²) in [7, 11) is 0. The lowest BCUT2D eigenvalue weighted by atomic mass is 9.84. The fourth-order valence-electron chi connectivity index (χ4n) is 2.69. The number of hydrogen-bond acceptors (Lipinski definition) is 5. The van der Waals surface area contributed by atoms with Crippen molar-refractivity contribution in [3.05, 3.63) is 35.6 Å². The number of carbonyl (C=O) groups excluding carboxylic acids is 1. The van der Waals surface area contributed by atoms with Crippen LogP contribution in [0.1, 0.15) is 46.1 Å². The van der Waals surface area contributed by atoms with Crippen molar-refractivity contribution in [2.45, 2.75) is 50.6 Å². The van der Waals surface area contributed by atoms with E-state index in [2.05, 4.69) is 43.2 Å². The van der Waals surface area contributed by atoms with Crippen LogP contribution in [0, 0.1) is 17.2 Å². The molecular weight excluding hydrogens is 357 g/mol. The molecule has 1 aromatic heterocycles. The van der Waals surface area contributed by atoms with E-state index in [9.17, 15) is 9.18 Å². The topological polar surface area (TPSA) is 54.9 Å². The summed E-state index contributed by atoms with van der Waals surface area (Å²) in [6.07, 6.45) is 1.47. The van der Waals surface area contributed by atoms with Crippen molar-refractivity contribution in [2.75, 3.05) is 5.32 Å². The number of halogens is 1. The predicted octanol–water partition coefficient (Wildman–Crippen LogP) is 5.37.